The maximum Gasteiger partial charge on any atom is 0.275 e. The molecule has 1 atom stereocenters. The molecule has 3 aromatic rings. The number of carbonyl (C=O) groups is 2. The number of fused-ring (bicyclic) bond motifs is 3. The van der Waals surface area contributed by atoms with Gasteiger partial charge in [0.05, 0.1) is 12.2 Å². The van der Waals surface area contributed by atoms with Crippen LogP contribution in [-0.4, -0.2) is 30.1 Å². The van der Waals surface area contributed by atoms with E-state index in [1.54, 1.807) is 7.11 Å². The molecule has 2 N–H and O–H groups in total. The molecule has 0 unspecified atom stereocenters. The van der Waals surface area contributed by atoms with Gasteiger partial charge in [0.1, 0.15) is 5.70 Å². The van der Waals surface area contributed by atoms with E-state index in [4.69, 9.17) is 4.74 Å². The third-order valence-electron chi connectivity index (χ3n) is 5.63. The van der Waals surface area contributed by atoms with Crippen LogP contribution >= 0.6 is 0 Å². The Bertz CT molecular complexity index is 1160. The van der Waals surface area contributed by atoms with Gasteiger partial charge < -0.3 is 14.6 Å². The number of ether oxygens (including phenoxy) is 1. The summed E-state index contributed by atoms with van der Waals surface area (Å²) in [7, 11) is 1.71. The molecular weight excluding hydrogens is 366 g/mol. The summed E-state index contributed by atoms with van der Waals surface area (Å²) in [5, 5.41) is 6.63. The molecule has 0 fully saturated rings. The number of nitrogens with one attached hydrogen (secondary N) is 2. The van der Waals surface area contributed by atoms with Gasteiger partial charge in [-0.2, -0.15) is 0 Å². The number of aromatic nitrogens is 1. The summed E-state index contributed by atoms with van der Waals surface area (Å²) >= 11 is 0. The highest BCUT2D eigenvalue weighted by atomic mass is 16.5. The molecule has 0 saturated heterocycles. The lowest BCUT2D eigenvalue weighted by atomic mass is 9.96. The fourth-order valence-electron chi connectivity index (χ4n) is 4.48. The molecule has 0 bridgehead atoms. The van der Waals surface area contributed by atoms with Crippen molar-refractivity contribution in [2.24, 2.45) is 5.92 Å². The molecule has 2 aromatic carbocycles. The Morgan fingerprint density at radius 1 is 1.07 bits per heavy atom. The van der Waals surface area contributed by atoms with Crippen molar-refractivity contribution >= 4 is 34.0 Å². The lowest BCUT2D eigenvalue weighted by molar-refractivity contribution is -0.123. The van der Waals surface area contributed by atoms with E-state index in [2.05, 4.69) is 21.3 Å². The average molecular weight is 387 g/mol. The number of rotatable bonds is 5. The van der Waals surface area contributed by atoms with Crippen LogP contribution in [0.3, 0.4) is 0 Å². The highest BCUT2D eigenvalue weighted by molar-refractivity contribution is 6.38. The molecule has 0 spiro atoms. The second-order valence-electron chi connectivity index (χ2n) is 7.50. The highest BCUT2D eigenvalue weighted by Crippen LogP contribution is 2.40. The van der Waals surface area contributed by atoms with Crippen LogP contribution in [0.1, 0.15) is 11.3 Å². The predicted molar refractivity (Wildman–Crippen MR) is 111 cm³/mol. The van der Waals surface area contributed by atoms with Crippen LogP contribution in [0.2, 0.25) is 0 Å². The summed E-state index contributed by atoms with van der Waals surface area (Å²) in [6, 6.07) is 17.5. The first kappa shape index (κ1) is 17.7. The number of nitrogens with zero attached hydrogens (tertiary/aromatic N) is 1. The molecule has 1 aromatic heterocycles. The van der Waals surface area contributed by atoms with Gasteiger partial charge in [-0.25, -0.2) is 0 Å². The van der Waals surface area contributed by atoms with Gasteiger partial charge in [-0.05, 0) is 24.6 Å². The zero-order valence-electron chi connectivity index (χ0n) is 16.1. The van der Waals surface area contributed by atoms with Crippen molar-refractivity contribution in [2.75, 3.05) is 19.0 Å². The molecule has 146 valence electrons. The fourth-order valence-corrected chi connectivity index (χ4v) is 4.48. The second-order valence-corrected chi connectivity index (χ2v) is 7.50. The Balaban J connectivity index is 1.71. The van der Waals surface area contributed by atoms with Crippen LogP contribution in [-0.2, 0) is 27.3 Å². The van der Waals surface area contributed by atoms with Gasteiger partial charge >= 0.3 is 0 Å². The second kappa shape index (κ2) is 6.90. The van der Waals surface area contributed by atoms with Crippen molar-refractivity contribution in [1.82, 2.24) is 9.88 Å². The first-order valence-corrected chi connectivity index (χ1v) is 9.68. The minimum Gasteiger partial charge on any atom is -0.384 e. The fraction of sp³-hybridized carbons (Fsp3) is 0.217. The molecule has 5 rings (SSSR count). The van der Waals surface area contributed by atoms with Gasteiger partial charge in [-0.1, -0.05) is 36.4 Å². The number of para-hydroxylation sites is 2. The molecule has 0 saturated carbocycles. The van der Waals surface area contributed by atoms with Crippen LogP contribution in [0.25, 0.3) is 16.5 Å². The summed E-state index contributed by atoms with van der Waals surface area (Å²) in [6.45, 7) is 1.50. The Morgan fingerprint density at radius 2 is 1.83 bits per heavy atom. The molecule has 2 aliphatic rings. The molecule has 2 amide bonds. The van der Waals surface area contributed by atoms with E-state index in [0.29, 0.717) is 23.8 Å². The third-order valence-corrected chi connectivity index (χ3v) is 5.63. The summed E-state index contributed by atoms with van der Waals surface area (Å²) in [6.07, 6.45) is 0.807. The number of amides is 2. The van der Waals surface area contributed by atoms with Crippen LogP contribution < -0.4 is 10.6 Å². The first-order chi connectivity index (χ1) is 14.2. The number of benzene rings is 2. The first-order valence-electron chi connectivity index (χ1n) is 9.68. The summed E-state index contributed by atoms with van der Waals surface area (Å²) in [5.74, 6) is -0.406. The largest absolute Gasteiger partial charge is 0.384 e. The van der Waals surface area contributed by atoms with Gasteiger partial charge in [-0.3, -0.25) is 14.9 Å². The number of carbonyl (C=O) groups excluding carboxylic acids is 2. The summed E-state index contributed by atoms with van der Waals surface area (Å²) in [4.78, 5) is 25.5. The van der Waals surface area contributed by atoms with E-state index in [0.717, 1.165) is 40.8 Å². The molecule has 3 heterocycles. The van der Waals surface area contributed by atoms with Crippen LogP contribution in [0.15, 0.2) is 60.3 Å². The predicted octanol–water partition coefficient (Wildman–Crippen LogP) is 2.94. The molecule has 6 heteroatoms. The standard InChI is InChI=1S/C23H21N3O3/c1-29-13-14-11-18-19(16-9-5-6-10-17(16)26(18)12-14)20-21(23(28)25-22(20)27)24-15-7-3-2-4-8-15/h2-10,14H,11-13H2,1H3,(H2,24,25,27,28)/t14-/m0/s1. The lowest BCUT2D eigenvalue weighted by Crippen LogP contribution is -2.24. The minimum atomic E-state index is -0.399. The van der Waals surface area contributed by atoms with Crippen LogP contribution in [0.5, 0.6) is 0 Å². The molecule has 2 aliphatic heterocycles. The Morgan fingerprint density at radius 3 is 2.62 bits per heavy atom. The van der Waals surface area contributed by atoms with Gasteiger partial charge in [-0.15, -0.1) is 0 Å². The summed E-state index contributed by atoms with van der Waals surface area (Å²) in [5.41, 5.74) is 4.50. The van der Waals surface area contributed by atoms with Crippen molar-refractivity contribution in [3.05, 3.63) is 71.6 Å². The maximum absolute atomic E-state index is 12.9. The molecule has 0 aliphatic carbocycles. The van der Waals surface area contributed by atoms with Crippen molar-refractivity contribution in [2.45, 2.75) is 13.0 Å². The lowest BCUT2D eigenvalue weighted by Gasteiger charge is -2.10. The average Bonchev–Trinajstić information content (AvgIpc) is 3.34. The third kappa shape index (κ3) is 2.84. The summed E-state index contributed by atoms with van der Waals surface area (Å²) < 4.78 is 7.63. The number of hydrogen-bond acceptors (Lipinski definition) is 4. The van der Waals surface area contributed by atoms with Gasteiger partial charge in [0.15, 0.2) is 0 Å². The highest BCUT2D eigenvalue weighted by Gasteiger charge is 2.37. The van der Waals surface area contributed by atoms with E-state index < -0.39 is 5.91 Å². The van der Waals surface area contributed by atoms with Gasteiger partial charge in [0.25, 0.3) is 11.8 Å². The number of imide groups is 1. The minimum absolute atomic E-state index is 0.301. The zero-order chi connectivity index (χ0) is 20.0. The van der Waals surface area contributed by atoms with E-state index in [1.807, 2.05) is 48.5 Å². The van der Waals surface area contributed by atoms with Gasteiger partial charge in [0.2, 0.25) is 0 Å². The topological polar surface area (TPSA) is 72.4 Å². The molecule has 6 nitrogen and oxygen atoms in total. The maximum atomic E-state index is 12.9. The van der Waals surface area contributed by atoms with E-state index in [-0.39, 0.29) is 5.91 Å². The quantitative estimate of drug-likeness (QED) is 0.661. The van der Waals surface area contributed by atoms with Crippen molar-refractivity contribution < 1.29 is 14.3 Å². The van der Waals surface area contributed by atoms with Crippen molar-refractivity contribution in [3.63, 3.8) is 0 Å². The number of methoxy groups -OCH3 is 1. The number of anilines is 1. The van der Waals surface area contributed by atoms with Gasteiger partial charge in [0, 0.05) is 47.4 Å². The monoisotopic (exact) mass is 387 g/mol. The van der Waals surface area contributed by atoms with E-state index in [9.17, 15) is 9.59 Å². The Hall–Kier alpha value is -3.38. The molecular formula is C23H21N3O3. The van der Waals surface area contributed by atoms with E-state index >= 15 is 0 Å². The SMILES string of the molecule is COC[C@H]1Cc2c(C3=C(Nc4ccccc4)C(=O)NC3=O)c3ccccc3n2C1. The Kier molecular flexibility index (Phi) is 4.21. The molecule has 29 heavy (non-hydrogen) atoms. The van der Waals surface area contributed by atoms with Crippen molar-refractivity contribution in [1.29, 1.82) is 0 Å². The normalized spacial score (nSPS) is 18.4. The van der Waals surface area contributed by atoms with Crippen molar-refractivity contribution in [3.8, 4) is 0 Å². The molecule has 0 radical (unpaired) electrons. The van der Waals surface area contributed by atoms with E-state index in [1.165, 1.54) is 0 Å². The van der Waals surface area contributed by atoms with Crippen LogP contribution in [0.4, 0.5) is 5.69 Å². The number of hydrogen-bond donors (Lipinski definition) is 2. The van der Waals surface area contributed by atoms with Crippen LogP contribution in [0, 0.1) is 5.92 Å². The Labute approximate surface area is 168 Å². The smallest absolute Gasteiger partial charge is 0.275 e. The zero-order valence-corrected chi connectivity index (χ0v) is 16.1.